The van der Waals surface area contributed by atoms with Crippen molar-refractivity contribution in [2.45, 2.75) is 39.4 Å². The van der Waals surface area contributed by atoms with E-state index in [0.29, 0.717) is 17.4 Å². The van der Waals surface area contributed by atoms with Gasteiger partial charge in [-0.15, -0.1) is 0 Å². The third-order valence-electron chi connectivity index (χ3n) is 4.17. The van der Waals surface area contributed by atoms with E-state index < -0.39 is 0 Å². The maximum Gasteiger partial charge on any atom is 0.154 e. The first kappa shape index (κ1) is 18.5. The van der Waals surface area contributed by atoms with Gasteiger partial charge in [-0.1, -0.05) is 54.1 Å². The molecule has 0 amide bonds. The number of aromatic nitrogens is 1. The minimum Gasteiger partial charge on any atom is -0.395 e. The van der Waals surface area contributed by atoms with E-state index in [1.54, 1.807) is 0 Å². The molecule has 0 bridgehead atoms. The minimum absolute atomic E-state index is 0.0927. The molecule has 4 N–H and O–H groups in total. The van der Waals surface area contributed by atoms with Gasteiger partial charge in [-0.2, -0.15) is 0 Å². The van der Waals surface area contributed by atoms with E-state index >= 15 is 0 Å². The van der Waals surface area contributed by atoms with Crippen molar-refractivity contribution in [2.24, 2.45) is 0 Å². The third-order valence-corrected chi connectivity index (χ3v) is 4.46. The molecule has 3 rings (SSSR count). The van der Waals surface area contributed by atoms with Crippen LogP contribution in [0.4, 0.5) is 11.4 Å². The number of nitrogens with two attached hydrogens (primary N) is 1. The number of rotatable bonds is 5. The molecule has 0 radical (unpaired) electrons. The zero-order valence-corrected chi connectivity index (χ0v) is 16.2. The first-order chi connectivity index (χ1) is 12.3. The summed E-state index contributed by atoms with van der Waals surface area (Å²) in [4.78, 5) is 4.34. The maximum absolute atomic E-state index is 6.20. The fraction of sp³-hybridized carbons (Fsp3) is 0.286. The van der Waals surface area contributed by atoms with Crippen molar-refractivity contribution in [3.8, 4) is 0 Å². The molecule has 0 atom stereocenters. The summed E-state index contributed by atoms with van der Waals surface area (Å²) in [6.07, 6.45) is 0. The van der Waals surface area contributed by atoms with Crippen molar-refractivity contribution in [1.29, 1.82) is 0 Å². The summed E-state index contributed by atoms with van der Waals surface area (Å²) in [5.74, 6) is 0. The predicted molar refractivity (Wildman–Crippen MR) is 112 cm³/mol. The number of halogens is 1. The van der Waals surface area contributed by atoms with Crippen LogP contribution in [0, 0.1) is 0 Å². The molecule has 0 aliphatic rings. The second-order valence-electron chi connectivity index (χ2n) is 7.49. The molecule has 5 heteroatoms. The van der Waals surface area contributed by atoms with Crippen LogP contribution in [0.15, 0.2) is 48.5 Å². The number of benzene rings is 2. The Morgan fingerprint density at radius 2 is 1.69 bits per heavy atom. The first-order valence-corrected chi connectivity index (χ1v) is 9.12. The van der Waals surface area contributed by atoms with Gasteiger partial charge in [0.1, 0.15) is 0 Å². The van der Waals surface area contributed by atoms with E-state index in [1.165, 1.54) is 11.1 Å². The standard InChI is InChI=1S/C21H25ClN4/c1-21(2,3)25-13-15-8-6-7-14(11-15)12-24-19-16-9-4-5-10-17(16)26-20(22)18(19)23/h4-11,25H,12-13,23H2,1-3H3,(H,24,26). The van der Waals surface area contributed by atoms with E-state index in [1.807, 2.05) is 24.3 Å². The van der Waals surface area contributed by atoms with Crippen molar-refractivity contribution in [3.63, 3.8) is 0 Å². The number of anilines is 2. The second-order valence-corrected chi connectivity index (χ2v) is 7.84. The minimum atomic E-state index is 0.0927. The van der Waals surface area contributed by atoms with Gasteiger partial charge in [-0.25, -0.2) is 4.98 Å². The van der Waals surface area contributed by atoms with Crippen LogP contribution in [0.5, 0.6) is 0 Å². The molecular weight excluding hydrogens is 344 g/mol. The van der Waals surface area contributed by atoms with Crippen LogP contribution in [-0.4, -0.2) is 10.5 Å². The average molecular weight is 369 g/mol. The molecular formula is C21H25ClN4. The molecule has 0 aliphatic heterocycles. The summed E-state index contributed by atoms with van der Waals surface area (Å²) >= 11 is 6.20. The van der Waals surface area contributed by atoms with Gasteiger partial charge in [-0.3, -0.25) is 0 Å². The van der Waals surface area contributed by atoms with Crippen LogP contribution in [-0.2, 0) is 13.1 Å². The van der Waals surface area contributed by atoms with Crippen molar-refractivity contribution >= 4 is 33.9 Å². The monoisotopic (exact) mass is 368 g/mol. The Hall–Kier alpha value is -2.30. The van der Waals surface area contributed by atoms with E-state index in [2.05, 4.69) is 60.7 Å². The van der Waals surface area contributed by atoms with Gasteiger partial charge in [0.05, 0.1) is 16.9 Å². The highest BCUT2D eigenvalue weighted by Crippen LogP contribution is 2.33. The third kappa shape index (κ3) is 4.45. The molecule has 0 saturated heterocycles. The van der Waals surface area contributed by atoms with Gasteiger partial charge in [0.2, 0.25) is 0 Å². The molecule has 3 aromatic rings. The number of pyridine rings is 1. The van der Waals surface area contributed by atoms with Gasteiger partial charge < -0.3 is 16.4 Å². The van der Waals surface area contributed by atoms with E-state index in [-0.39, 0.29) is 5.54 Å². The lowest BCUT2D eigenvalue weighted by Crippen LogP contribution is -2.35. The number of para-hydroxylation sites is 1. The van der Waals surface area contributed by atoms with E-state index in [4.69, 9.17) is 17.3 Å². The molecule has 2 aromatic carbocycles. The van der Waals surface area contributed by atoms with Gasteiger partial charge in [0.15, 0.2) is 5.15 Å². The van der Waals surface area contributed by atoms with Crippen molar-refractivity contribution in [1.82, 2.24) is 10.3 Å². The van der Waals surface area contributed by atoms with Crippen LogP contribution in [0.25, 0.3) is 10.9 Å². The summed E-state index contributed by atoms with van der Waals surface area (Å²) in [6, 6.07) is 16.4. The van der Waals surface area contributed by atoms with Crippen LogP contribution in [0.2, 0.25) is 5.15 Å². The quantitative estimate of drug-likeness (QED) is 0.556. The molecule has 136 valence electrons. The van der Waals surface area contributed by atoms with Crippen molar-refractivity contribution in [3.05, 3.63) is 64.8 Å². The highest BCUT2D eigenvalue weighted by Gasteiger charge is 2.11. The van der Waals surface area contributed by atoms with Crippen LogP contribution in [0.1, 0.15) is 31.9 Å². The lowest BCUT2D eigenvalue weighted by Gasteiger charge is -2.21. The van der Waals surface area contributed by atoms with E-state index in [0.717, 1.165) is 23.1 Å². The second kappa shape index (κ2) is 7.52. The highest BCUT2D eigenvalue weighted by atomic mass is 35.5. The molecule has 0 spiro atoms. The van der Waals surface area contributed by atoms with Crippen LogP contribution >= 0.6 is 11.6 Å². The Bertz CT molecular complexity index is 916. The van der Waals surface area contributed by atoms with Gasteiger partial charge in [-0.05, 0) is 38.0 Å². The van der Waals surface area contributed by atoms with Crippen molar-refractivity contribution in [2.75, 3.05) is 11.1 Å². The normalized spacial score (nSPS) is 11.7. The van der Waals surface area contributed by atoms with Crippen molar-refractivity contribution < 1.29 is 0 Å². The topological polar surface area (TPSA) is 63.0 Å². The molecule has 0 fully saturated rings. The summed E-state index contributed by atoms with van der Waals surface area (Å²) in [5.41, 5.74) is 10.9. The lowest BCUT2D eigenvalue weighted by atomic mass is 10.1. The molecule has 0 aliphatic carbocycles. The molecule has 26 heavy (non-hydrogen) atoms. The molecule has 4 nitrogen and oxygen atoms in total. The Morgan fingerprint density at radius 1 is 1.00 bits per heavy atom. The Labute approximate surface area is 159 Å². The smallest absolute Gasteiger partial charge is 0.154 e. The Morgan fingerprint density at radius 3 is 2.42 bits per heavy atom. The fourth-order valence-electron chi connectivity index (χ4n) is 2.79. The summed E-state index contributed by atoms with van der Waals surface area (Å²) in [7, 11) is 0. The van der Waals surface area contributed by atoms with E-state index in [9.17, 15) is 0 Å². The molecule has 0 saturated carbocycles. The number of nitrogen functional groups attached to an aromatic ring is 1. The predicted octanol–water partition coefficient (Wildman–Crippen LogP) is 4.97. The Balaban J connectivity index is 1.79. The van der Waals surface area contributed by atoms with Crippen LogP contribution in [0.3, 0.4) is 0 Å². The summed E-state index contributed by atoms with van der Waals surface area (Å²) in [6.45, 7) is 8.00. The number of fused-ring (bicyclic) bond motifs is 1. The van der Waals surface area contributed by atoms with Gasteiger partial charge in [0.25, 0.3) is 0 Å². The molecule has 1 heterocycles. The largest absolute Gasteiger partial charge is 0.395 e. The highest BCUT2D eigenvalue weighted by molar-refractivity contribution is 6.33. The van der Waals surface area contributed by atoms with Gasteiger partial charge >= 0.3 is 0 Å². The SMILES string of the molecule is CC(C)(C)NCc1cccc(CNc2c(N)c(Cl)nc3ccccc23)c1. The number of nitrogens with one attached hydrogen (secondary N) is 2. The first-order valence-electron chi connectivity index (χ1n) is 8.74. The lowest BCUT2D eigenvalue weighted by molar-refractivity contribution is 0.424. The molecule has 1 aromatic heterocycles. The fourth-order valence-corrected chi connectivity index (χ4v) is 2.98. The maximum atomic E-state index is 6.20. The zero-order chi connectivity index (χ0) is 18.7. The number of nitrogens with zero attached hydrogens (tertiary/aromatic N) is 1. The van der Waals surface area contributed by atoms with Crippen LogP contribution < -0.4 is 16.4 Å². The molecule has 0 unspecified atom stereocenters. The average Bonchev–Trinajstić information content (AvgIpc) is 2.60. The number of hydrogen-bond acceptors (Lipinski definition) is 4. The summed E-state index contributed by atoms with van der Waals surface area (Å²) in [5, 5.41) is 8.26. The van der Waals surface area contributed by atoms with Gasteiger partial charge in [0, 0.05) is 24.0 Å². The zero-order valence-electron chi connectivity index (χ0n) is 15.4. The number of hydrogen-bond donors (Lipinski definition) is 3. The summed E-state index contributed by atoms with van der Waals surface area (Å²) < 4.78 is 0. The Kier molecular flexibility index (Phi) is 5.35.